The number of carbonyl (C=O) groups excluding carboxylic acids is 5. The summed E-state index contributed by atoms with van der Waals surface area (Å²) >= 11 is 0. The highest BCUT2D eigenvalue weighted by molar-refractivity contribution is 6.12. The molecule has 1 aliphatic heterocycles. The molecule has 21 heteroatoms. The van der Waals surface area contributed by atoms with Crippen molar-refractivity contribution in [3.8, 4) is 0 Å². The number of hydrogen-bond acceptors (Lipinski definition) is 17. The van der Waals surface area contributed by atoms with Crippen LogP contribution in [-0.4, -0.2) is 213 Å². The molecule has 388 valence electrons. The van der Waals surface area contributed by atoms with Crippen molar-refractivity contribution in [2.45, 2.75) is 46.0 Å². The summed E-state index contributed by atoms with van der Waals surface area (Å²) in [6, 6.07) is 4.44. The number of carbonyl (C=O) groups is 5. The standard InChI is InChI=1S/C47H78N4O17/c1-3-14-58-19-22-62-27-30-66-35-36-68-32-29-64-24-21-60-16-12-49-47(56)41-37-40(38-42(39-41)50-43(52)8-6-5-7-13-51-44(53)9-10-45(51)54)46(55)48-11-15-59-20-23-63-28-31-67-34-33-65-26-25-61-18-17-57-4-2/h9-10,37-39H,3-8,11-36H2,1-2H3,(H,48,55)(H,49,56)(H,50,52). The molecule has 0 saturated heterocycles. The molecule has 3 N–H and O–H groups in total. The predicted molar refractivity (Wildman–Crippen MR) is 250 cm³/mol. The molecule has 0 spiro atoms. The van der Waals surface area contributed by atoms with E-state index in [0.29, 0.717) is 158 Å². The van der Waals surface area contributed by atoms with Crippen molar-refractivity contribution in [3.63, 3.8) is 0 Å². The maximum absolute atomic E-state index is 13.2. The second-order valence-corrected chi connectivity index (χ2v) is 14.8. The number of nitrogens with zero attached hydrogens (tertiary/aromatic N) is 1. The largest absolute Gasteiger partial charge is 0.379 e. The van der Waals surface area contributed by atoms with Crippen molar-refractivity contribution in [2.75, 3.05) is 184 Å². The third-order valence-electron chi connectivity index (χ3n) is 9.26. The number of rotatable bonds is 48. The molecule has 0 saturated carbocycles. The number of unbranched alkanes of at least 4 members (excludes halogenated alkanes) is 2. The first-order valence-corrected chi connectivity index (χ1v) is 23.8. The van der Waals surface area contributed by atoms with Gasteiger partial charge in [0.1, 0.15) is 0 Å². The van der Waals surface area contributed by atoms with Gasteiger partial charge in [-0.1, -0.05) is 13.3 Å². The van der Waals surface area contributed by atoms with Crippen LogP contribution in [0, 0.1) is 0 Å². The van der Waals surface area contributed by atoms with E-state index >= 15 is 0 Å². The Bertz CT molecular complexity index is 1500. The zero-order valence-electron chi connectivity index (χ0n) is 40.4. The Hall–Kier alpha value is -3.97. The van der Waals surface area contributed by atoms with Crippen LogP contribution in [0.25, 0.3) is 0 Å². The summed E-state index contributed by atoms with van der Waals surface area (Å²) in [5.41, 5.74) is 0.606. The summed E-state index contributed by atoms with van der Waals surface area (Å²) in [4.78, 5) is 64.0. The van der Waals surface area contributed by atoms with E-state index in [2.05, 4.69) is 22.9 Å². The van der Waals surface area contributed by atoms with Crippen LogP contribution in [0.1, 0.15) is 66.7 Å². The van der Waals surface area contributed by atoms with E-state index in [9.17, 15) is 24.0 Å². The fourth-order valence-corrected chi connectivity index (χ4v) is 5.84. The summed E-state index contributed by atoms with van der Waals surface area (Å²) < 4.78 is 65.5. The molecule has 0 unspecified atom stereocenters. The SMILES string of the molecule is CCCOCCOCCOCCOCCOCCOCCNC(=O)c1cc(NC(=O)CCCCCN2C(=O)C=CC2=O)cc(C(=O)NCCOCCOCCOCCOCCOCCOCC)c1. The van der Waals surface area contributed by atoms with Gasteiger partial charge in [0.05, 0.1) is 145 Å². The number of ether oxygens (including phenoxy) is 12. The Morgan fingerprint density at radius 1 is 0.441 bits per heavy atom. The summed E-state index contributed by atoms with van der Waals surface area (Å²) in [6.07, 6.45) is 5.29. The van der Waals surface area contributed by atoms with Gasteiger partial charge in [-0.3, -0.25) is 28.9 Å². The van der Waals surface area contributed by atoms with E-state index in [1.165, 1.54) is 30.4 Å². The second kappa shape index (κ2) is 43.1. The van der Waals surface area contributed by atoms with Gasteiger partial charge in [-0.05, 0) is 44.4 Å². The molecule has 1 aromatic carbocycles. The van der Waals surface area contributed by atoms with E-state index in [1.807, 2.05) is 6.92 Å². The van der Waals surface area contributed by atoms with Gasteiger partial charge < -0.3 is 72.8 Å². The molecule has 0 fully saturated rings. The zero-order valence-corrected chi connectivity index (χ0v) is 40.4. The third kappa shape index (κ3) is 32.7. The third-order valence-corrected chi connectivity index (χ3v) is 9.26. The van der Waals surface area contributed by atoms with Crippen LogP contribution >= 0.6 is 0 Å². The molecule has 0 atom stereocenters. The fraction of sp³-hybridized carbons (Fsp3) is 0.723. The molecular formula is C47H78N4O17. The molecule has 0 radical (unpaired) electrons. The van der Waals surface area contributed by atoms with Crippen LogP contribution in [0.5, 0.6) is 0 Å². The lowest BCUT2D eigenvalue weighted by Crippen LogP contribution is -2.30. The minimum absolute atomic E-state index is 0.156. The first kappa shape index (κ1) is 60.2. The lowest BCUT2D eigenvalue weighted by Gasteiger charge is -2.13. The highest BCUT2D eigenvalue weighted by atomic mass is 16.6. The first-order valence-electron chi connectivity index (χ1n) is 23.8. The molecule has 5 amide bonds. The van der Waals surface area contributed by atoms with Crippen LogP contribution in [-0.2, 0) is 71.2 Å². The summed E-state index contributed by atoms with van der Waals surface area (Å²) in [5.74, 6) is -1.92. The average molecular weight is 971 g/mol. The maximum Gasteiger partial charge on any atom is 0.253 e. The number of nitrogens with one attached hydrogen (secondary N) is 3. The van der Waals surface area contributed by atoms with Gasteiger partial charge >= 0.3 is 0 Å². The van der Waals surface area contributed by atoms with Gasteiger partial charge in [0.2, 0.25) is 5.91 Å². The number of amides is 5. The first-order chi connectivity index (χ1) is 33.3. The van der Waals surface area contributed by atoms with Crippen LogP contribution in [0.15, 0.2) is 30.4 Å². The summed E-state index contributed by atoms with van der Waals surface area (Å²) in [7, 11) is 0. The Balaban J connectivity index is 1.66. The fourth-order valence-electron chi connectivity index (χ4n) is 5.84. The molecule has 0 aliphatic carbocycles. The minimum Gasteiger partial charge on any atom is -0.379 e. The Morgan fingerprint density at radius 2 is 0.794 bits per heavy atom. The van der Waals surface area contributed by atoms with Crippen molar-refractivity contribution >= 4 is 35.2 Å². The van der Waals surface area contributed by atoms with Crippen molar-refractivity contribution in [1.82, 2.24) is 15.5 Å². The normalized spacial score (nSPS) is 12.4. The van der Waals surface area contributed by atoms with Crippen LogP contribution in [0.2, 0.25) is 0 Å². The van der Waals surface area contributed by atoms with Gasteiger partial charge in [-0.25, -0.2) is 0 Å². The number of hydrogen-bond donors (Lipinski definition) is 3. The predicted octanol–water partition coefficient (Wildman–Crippen LogP) is 2.20. The maximum atomic E-state index is 13.2. The van der Waals surface area contributed by atoms with Crippen LogP contribution in [0.3, 0.4) is 0 Å². The Morgan fingerprint density at radius 3 is 1.16 bits per heavy atom. The highest BCUT2D eigenvalue weighted by Crippen LogP contribution is 2.17. The molecule has 1 aromatic rings. The molecule has 68 heavy (non-hydrogen) atoms. The van der Waals surface area contributed by atoms with Crippen LogP contribution in [0.4, 0.5) is 5.69 Å². The summed E-state index contributed by atoms with van der Waals surface area (Å²) in [6.45, 7) is 15.6. The van der Waals surface area contributed by atoms with Gasteiger partial charge in [0, 0.05) is 68.2 Å². The van der Waals surface area contributed by atoms with Gasteiger partial charge in [-0.15, -0.1) is 0 Å². The quantitative estimate of drug-likeness (QED) is 0.0627. The van der Waals surface area contributed by atoms with E-state index in [0.717, 1.165) is 17.9 Å². The number of anilines is 1. The molecular weight excluding hydrogens is 893 g/mol. The molecule has 1 aliphatic rings. The Kier molecular flexibility index (Phi) is 38.1. The van der Waals surface area contributed by atoms with Gasteiger partial charge in [-0.2, -0.15) is 0 Å². The van der Waals surface area contributed by atoms with E-state index in [-0.39, 0.29) is 73.8 Å². The van der Waals surface area contributed by atoms with Crippen LogP contribution < -0.4 is 16.0 Å². The molecule has 2 rings (SSSR count). The summed E-state index contributed by atoms with van der Waals surface area (Å²) in [5, 5.41) is 8.35. The van der Waals surface area contributed by atoms with Crippen molar-refractivity contribution in [2.24, 2.45) is 0 Å². The molecule has 1 heterocycles. The molecule has 21 nitrogen and oxygen atoms in total. The van der Waals surface area contributed by atoms with E-state index < -0.39 is 11.8 Å². The number of benzene rings is 1. The second-order valence-electron chi connectivity index (χ2n) is 14.8. The zero-order chi connectivity index (χ0) is 49.0. The lowest BCUT2D eigenvalue weighted by molar-refractivity contribution is -0.136. The van der Waals surface area contributed by atoms with Crippen molar-refractivity contribution < 1.29 is 80.8 Å². The smallest absolute Gasteiger partial charge is 0.253 e. The minimum atomic E-state index is -0.460. The van der Waals surface area contributed by atoms with E-state index in [1.54, 1.807) is 0 Å². The molecule has 0 bridgehead atoms. The Labute approximate surface area is 401 Å². The topological polar surface area (TPSA) is 235 Å². The highest BCUT2D eigenvalue weighted by Gasteiger charge is 2.22. The lowest BCUT2D eigenvalue weighted by atomic mass is 10.1. The van der Waals surface area contributed by atoms with Crippen molar-refractivity contribution in [3.05, 3.63) is 41.5 Å². The van der Waals surface area contributed by atoms with Gasteiger partial charge in [0.25, 0.3) is 23.6 Å². The number of imide groups is 1. The van der Waals surface area contributed by atoms with Gasteiger partial charge in [0.15, 0.2) is 0 Å². The molecule has 0 aromatic heterocycles. The van der Waals surface area contributed by atoms with Crippen molar-refractivity contribution in [1.29, 1.82) is 0 Å². The monoisotopic (exact) mass is 971 g/mol. The van der Waals surface area contributed by atoms with E-state index in [4.69, 9.17) is 56.8 Å². The average Bonchev–Trinajstić information content (AvgIpc) is 3.66.